The third-order valence-electron chi connectivity index (χ3n) is 3.14. The van der Waals surface area contributed by atoms with Gasteiger partial charge in [0.05, 0.1) is 0 Å². The number of rotatable bonds is 5. The van der Waals surface area contributed by atoms with E-state index < -0.39 is 5.67 Å². The van der Waals surface area contributed by atoms with Crippen molar-refractivity contribution in [2.45, 2.75) is 70.5 Å². The second-order valence-corrected chi connectivity index (χ2v) is 4.87. The molecule has 1 rings (SSSR count). The Hall–Kier alpha value is -0.110. The molecule has 1 N–H and O–H groups in total. The molecule has 0 aliphatic carbocycles. The highest BCUT2D eigenvalue weighted by molar-refractivity contribution is 4.83. The maximum Gasteiger partial charge on any atom is 0.109 e. The molecular formula is C12H24FN. The summed E-state index contributed by atoms with van der Waals surface area (Å²) in [6, 6.07) is 0.426. The molecule has 0 saturated carbocycles. The van der Waals surface area contributed by atoms with E-state index in [9.17, 15) is 4.39 Å². The topological polar surface area (TPSA) is 12.0 Å². The molecule has 1 saturated heterocycles. The van der Waals surface area contributed by atoms with E-state index in [2.05, 4.69) is 12.2 Å². The second-order valence-electron chi connectivity index (χ2n) is 4.87. The fraction of sp³-hybridized carbons (Fsp3) is 1.00. The molecule has 0 radical (unpaired) electrons. The first-order valence-electron chi connectivity index (χ1n) is 6.06. The standard InChI is InChI=1S/C12H24FN/c1-3-4-8-12(2,13)10-11-7-5-6-9-14-11/h11,14H,3-10H2,1-2H3. The Bertz CT molecular complexity index is 150. The van der Waals surface area contributed by atoms with Gasteiger partial charge in [0.15, 0.2) is 0 Å². The Kier molecular flexibility index (Phi) is 4.86. The maximum absolute atomic E-state index is 14.0. The SMILES string of the molecule is CCCCC(C)(F)CC1CCCCN1. The number of piperidine rings is 1. The van der Waals surface area contributed by atoms with Crippen molar-refractivity contribution in [1.29, 1.82) is 0 Å². The van der Waals surface area contributed by atoms with Gasteiger partial charge in [-0.3, -0.25) is 0 Å². The predicted molar refractivity (Wildman–Crippen MR) is 59.3 cm³/mol. The van der Waals surface area contributed by atoms with Crippen molar-refractivity contribution in [3.8, 4) is 0 Å². The largest absolute Gasteiger partial charge is 0.314 e. The van der Waals surface area contributed by atoms with E-state index in [1.165, 1.54) is 12.8 Å². The Morgan fingerprint density at radius 3 is 2.79 bits per heavy atom. The summed E-state index contributed by atoms with van der Waals surface area (Å²) in [5.74, 6) is 0. The van der Waals surface area contributed by atoms with Gasteiger partial charge in [0.25, 0.3) is 0 Å². The van der Waals surface area contributed by atoms with Gasteiger partial charge in [-0.15, -0.1) is 0 Å². The smallest absolute Gasteiger partial charge is 0.109 e. The monoisotopic (exact) mass is 201 g/mol. The first-order valence-corrected chi connectivity index (χ1v) is 6.06. The van der Waals surface area contributed by atoms with Gasteiger partial charge < -0.3 is 5.32 Å². The predicted octanol–water partition coefficient (Wildman–Crippen LogP) is 3.44. The molecule has 2 heteroatoms. The molecule has 0 amide bonds. The molecule has 1 aliphatic heterocycles. The van der Waals surface area contributed by atoms with Gasteiger partial charge in [0.2, 0.25) is 0 Å². The summed E-state index contributed by atoms with van der Waals surface area (Å²) in [6.45, 7) is 4.96. The van der Waals surface area contributed by atoms with E-state index >= 15 is 0 Å². The molecule has 1 fully saturated rings. The zero-order chi connectivity index (χ0) is 10.4. The summed E-state index contributed by atoms with van der Waals surface area (Å²) in [5, 5.41) is 3.41. The molecule has 1 aliphatic rings. The van der Waals surface area contributed by atoms with E-state index in [-0.39, 0.29) is 0 Å². The molecule has 1 heterocycles. The van der Waals surface area contributed by atoms with Crippen LogP contribution in [0.25, 0.3) is 0 Å². The van der Waals surface area contributed by atoms with Gasteiger partial charge in [-0.2, -0.15) is 0 Å². The number of halogens is 1. The lowest BCUT2D eigenvalue weighted by molar-refractivity contribution is 0.131. The second kappa shape index (κ2) is 5.69. The number of alkyl halides is 1. The minimum atomic E-state index is -0.953. The minimum absolute atomic E-state index is 0.426. The highest BCUT2D eigenvalue weighted by atomic mass is 19.1. The van der Waals surface area contributed by atoms with Gasteiger partial charge in [-0.05, 0) is 39.2 Å². The fourth-order valence-corrected chi connectivity index (χ4v) is 2.26. The summed E-state index contributed by atoms with van der Waals surface area (Å²) in [7, 11) is 0. The normalized spacial score (nSPS) is 27.2. The van der Waals surface area contributed by atoms with Crippen LogP contribution < -0.4 is 5.32 Å². The third kappa shape index (κ3) is 4.41. The zero-order valence-electron chi connectivity index (χ0n) is 9.61. The van der Waals surface area contributed by atoms with E-state index in [0.29, 0.717) is 12.5 Å². The van der Waals surface area contributed by atoms with Gasteiger partial charge >= 0.3 is 0 Å². The van der Waals surface area contributed by atoms with Crippen LogP contribution in [0.15, 0.2) is 0 Å². The van der Waals surface area contributed by atoms with Crippen molar-refractivity contribution in [2.24, 2.45) is 0 Å². The quantitative estimate of drug-likeness (QED) is 0.718. The minimum Gasteiger partial charge on any atom is -0.314 e. The van der Waals surface area contributed by atoms with Crippen LogP contribution in [-0.2, 0) is 0 Å². The van der Waals surface area contributed by atoms with E-state index in [1.807, 2.05) is 0 Å². The van der Waals surface area contributed by atoms with Crippen LogP contribution in [0.2, 0.25) is 0 Å². The van der Waals surface area contributed by atoms with E-state index in [0.717, 1.165) is 32.2 Å². The van der Waals surface area contributed by atoms with Crippen LogP contribution in [0, 0.1) is 0 Å². The first kappa shape index (κ1) is 12.0. The van der Waals surface area contributed by atoms with Crippen molar-refractivity contribution >= 4 is 0 Å². The number of unbranched alkanes of at least 4 members (excludes halogenated alkanes) is 1. The molecule has 2 unspecified atom stereocenters. The molecule has 14 heavy (non-hydrogen) atoms. The van der Waals surface area contributed by atoms with Crippen LogP contribution in [0.4, 0.5) is 4.39 Å². The Morgan fingerprint density at radius 1 is 1.43 bits per heavy atom. The number of hydrogen-bond donors (Lipinski definition) is 1. The van der Waals surface area contributed by atoms with Crippen LogP contribution >= 0.6 is 0 Å². The van der Waals surface area contributed by atoms with E-state index in [1.54, 1.807) is 6.92 Å². The van der Waals surface area contributed by atoms with Crippen molar-refractivity contribution in [1.82, 2.24) is 5.32 Å². The summed E-state index contributed by atoms with van der Waals surface area (Å²) >= 11 is 0. The summed E-state index contributed by atoms with van der Waals surface area (Å²) < 4.78 is 14.0. The molecule has 0 aromatic rings. The third-order valence-corrected chi connectivity index (χ3v) is 3.14. The highest BCUT2D eigenvalue weighted by Gasteiger charge is 2.27. The van der Waals surface area contributed by atoms with Crippen molar-refractivity contribution < 1.29 is 4.39 Å². The Balaban J connectivity index is 2.25. The average Bonchev–Trinajstić information content (AvgIpc) is 2.16. The lowest BCUT2D eigenvalue weighted by atomic mass is 9.89. The first-order chi connectivity index (χ1) is 6.64. The molecule has 0 aromatic carbocycles. The van der Waals surface area contributed by atoms with E-state index in [4.69, 9.17) is 0 Å². The summed E-state index contributed by atoms with van der Waals surface area (Å²) in [6.07, 6.45) is 7.22. The molecule has 84 valence electrons. The van der Waals surface area contributed by atoms with Gasteiger partial charge in [0.1, 0.15) is 5.67 Å². The van der Waals surface area contributed by atoms with Crippen LogP contribution in [0.3, 0.4) is 0 Å². The molecule has 0 bridgehead atoms. The van der Waals surface area contributed by atoms with Crippen molar-refractivity contribution in [3.05, 3.63) is 0 Å². The van der Waals surface area contributed by atoms with Gasteiger partial charge in [-0.25, -0.2) is 4.39 Å². The molecule has 1 nitrogen and oxygen atoms in total. The maximum atomic E-state index is 14.0. The highest BCUT2D eigenvalue weighted by Crippen LogP contribution is 2.27. The summed E-state index contributed by atoms with van der Waals surface area (Å²) in [4.78, 5) is 0. The fourth-order valence-electron chi connectivity index (χ4n) is 2.26. The lowest BCUT2D eigenvalue weighted by Gasteiger charge is -2.29. The Labute approximate surface area is 87.5 Å². The zero-order valence-corrected chi connectivity index (χ0v) is 9.61. The number of nitrogens with one attached hydrogen (secondary N) is 1. The van der Waals surface area contributed by atoms with Gasteiger partial charge in [-0.1, -0.05) is 26.2 Å². The van der Waals surface area contributed by atoms with Crippen LogP contribution in [0.5, 0.6) is 0 Å². The molecule has 2 atom stereocenters. The molecular weight excluding hydrogens is 177 g/mol. The number of hydrogen-bond acceptors (Lipinski definition) is 1. The van der Waals surface area contributed by atoms with Crippen molar-refractivity contribution in [2.75, 3.05) is 6.54 Å². The van der Waals surface area contributed by atoms with Crippen molar-refractivity contribution in [3.63, 3.8) is 0 Å². The average molecular weight is 201 g/mol. The molecule has 0 aromatic heterocycles. The van der Waals surface area contributed by atoms with Crippen LogP contribution in [-0.4, -0.2) is 18.3 Å². The lowest BCUT2D eigenvalue weighted by Crippen LogP contribution is -2.39. The summed E-state index contributed by atoms with van der Waals surface area (Å²) in [5.41, 5.74) is -0.953. The van der Waals surface area contributed by atoms with Gasteiger partial charge in [0, 0.05) is 6.04 Å². The van der Waals surface area contributed by atoms with Crippen LogP contribution in [0.1, 0.15) is 58.8 Å². The Morgan fingerprint density at radius 2 is 2.21 bits per heavy atom. The molecule has 0 spiro atoms.